The van der Waals surface area contributed by atoms with Gasteiger partial charge in [-0.25, -0.2) is 4.98 Å². The number of halogens is 1. The molecule has 0 aliphatic heterocycles. The second-order valence-corrected chi connectivity index (χ2v) is 4.93. The SMILES string of the molecule is CCOc1cccc(C(Cc2ccccc2Cl)C(=O)O)n1. The number of benzene rings is 1. The normalized spacial score (nSPS) is 11.9. The average Bonchev–Trinajstić information content (AvgIpc) is 2.46. The smallest absolute Gasteiger partial charge is 0.312 e. The molecule has 0 radical (unpaired) electrons. The number of pyridine rings is 1. The van der Waals surface area contributed by atoms with Gasteiger partial charge in [-0.1, -0.05) is 35.9 Å². The summed E-state index contributed by atoms with van der Waals surface area (Å²) in [7, 11) is 0. The molecule has 0 saturated heterocycles. The van der Waals surface area contributed by atoms with Crippen molar-refractivity contribution in [2.24, 2.45) is 0 Å². The zero-order valence-corrected chi connectivity index (χ0v) is 12.4. The zero-order valence-electron chi connectivity index (χ0n) is 11.6. The second-order valence-electron chi connectivity index (χ2n) is 4.52. The molecule has 1 unspecified atom stereocenters. The van der Waals surface area contributed by atoms with Gasteiger partial charge in [0.1, 0.15) is 5.92 Å². The lowest BCUT2D eigenvalue weighted by Crippen LogP contribution is -2.16. The average molecular weight is 306 g/mol. The fourth-order valence-corrected chi connectivity index (χ4v) is 2.27. The summed E-state index contributed by atoms with van der Waals surface area (Å²) in [6, 6.07) is 12.4. The minimum absolute atomic E-state index is 0.289. The molecule has 0 aliphatic rings. The van der Waals surface area contributed by atoms with Gasteiger partial charge in [0.25, 0.3) is 0 Å². The molecule has 4 nitrogen and oxygen atoms in total. The van der Waals surface area contributed by atoms with E-state index >= 15 is 0 Å². The number of hydrogen-bond acceptors (Lipinski definition) is 3. The first-order valence-electron chi connectivity index (χ1n) is 6.67. The second kappa shape index (κ2) is 7.09. The number of aliphatic carboxylic acids is 1. The van der Waals surface area contributed by atoms with Crippen LogP contribution in [0.5, 0.6) is 5.88 Å². The summed E-state index contributed by atoms with van der Waals surface area (Å²) in [5.41, 5.74) is 1.25. The van der Waals surface area contributed by atoms with Gasteiger partial charge in [-0.15, -0.1) is 0 Å². The zero-order chi connectivity index (χ0) is 15.2. The molecular formula is C16H16ClNO3. The van der Waals surface area contributed by atoms with Gasteiger partial charge < -0.3 is 9.84 Å². The quantitative estimate of drug-likeness (QED) is 0.886. The van der Waals surface area contributed by atoms with Crippen molar-refractivity contribution in [1.82, 2.24) is 4.98 Å². The van der Waals surface area contributed by atoms with Crippen molar-refractivity contribution in [3.8, 4) is 5.88 Å². The summed E-state index contributed by atoms with van der Waals surface area (Å²) in [4.78, 5) is 15.8. The molecule has 0 saturated carbocycles. The Bertz CT molecular complexity index is 630. The molecule has 0 fully saturated rings. The van der Waals surface area contributed by atoms with Crippen molar-refractivity contribution in [3.63, 3.8) is 0 Å². The third-order valence-electron chi connectivity index (χ3n) is 3.07. The van der Waals surface area contributed by atoms with Crippen molar-refractivity contribution in [2.75, 3.05) is 6.61 Å². The molecule has 1 heterocycles. The molecule has 1 aromatic heterocycles. The highest BCUT2D eigenvalue weighted by Crippen LogP contribution is 2.25. The Balaban J connectivity index is 2.29. The molecule has 0 spiro atoms. The summed E-state index contributed by atoms with van der Waals surface area (Å²) in [5.74, 6) is -1.26. The molecule has 1 atom stereocenters. The summed E-state index contributed by atoms with van der Waals surface area (Å²) in [5, 5.41) is 10.0. The molecule has 1 aromatic carbocycles. The van der Waals surface area contributed by atoms with Crippen LogP contribution in [0.2, 0.25) is 5.02 Å². The Morgan fingerprint density at radius 3 is 2.71 bits per heavy atom. The lowest BCUT2D eigenvalue weighted by molar-refractivity contribution is -0.138. The summed E-state index contributed by atoms with van der Waals surface area (Å²) in [6.45, 7) is 2.34. The Morgan fingerprint density at radius 1 is 1.29 bits per heavy atom. The molecular weight excluding hydrogens is 290 g/mol. The number of hydrogen-bond donors (Lipinski definition) is 1. The van der Waals surface area contributed by atoms with Crippen LogP contribution in [0.25, 0.3) is 0 Å². The van der Waals surface area contributed by atoms with Crippen LogP contribution in [0, 0.1) is 0 Å². The molecule has 2 aromatic rings. The molecule has 0 amide bonds. The highest BCUT2D eigenvalue weighted by atomic mass is 35.5. The van der Waals surface area contributed by atoms with Crippen LogP contribution in [0.1, 0.15) is 24.1 Å². The Morgan fingerprint density at radius 2 is 2.05 bits per heavy atom. The minimum atomic E-state index is -0.934. The van der Waals surface area contributed by atoms with E-state index in [2.05, 4.69) is 4.98 Å². The number of carbonyl (C=O) groups is 1. The fourth-order valence-electron chi connectivity index (χ4n) is 2.06. The third kappa shape index (κ3) is 3.95. The van der Waals surface area contributed by atoms with Crippen LogP contribution in [0.4, 0.5) is 0 Å². The minimum Gasteiger partial charge on any atom is -0.481 e. The Kier molecular flexibility index (Phi) is 5.17. The lowest BCUT2D eigenvalue weighted by Gasteiger charge is -2.14. The van der Waals surface area contributed by atoms with Crippen molar-refractivity contribution >= 4 is 17.6 Å². The highest BCUT2D eigenvalue weighted by molar-refractivity contribution is 6.31. The maximum Gasteiger partial charge on any atom is 0.312 e. The standard InChI is InChI=1S/C16H16ClNO3/c1-2-21-15-9-5-8-14(18-15)12(16(19)20)10-11-6-3-4-7-13(11)17/h3-9,12H,2,10H2,1H3,(H,19,20). The topological polar surface area (TPSA) is 59.4 Å². The first-order chi connectivity index (χ1) is 10.1. The number of carboxylic acid groups (broad SMARTS) is 1. The predicted molar refractivity (Wildman–Crippen MR) is 80.9 cm³/mol. The van der Waals surface area contributed by atoms with Crippen molar-refractivity contribution in [2.45, 2.75) is 19.3 Å². The van der Waals surface area contributed by atoms with Crippen LogP contribution >= 0.6 is 11.6 Å². The maximum absolute atomic E-state index is 11.6. The first kappa shape index (κ1) is 15.3. The third-order valence-corrected chi connectivity index (χ3v) is 3.44. The monoisotopic (exact) mass is 305 g/mol. The fraction of sp³-hybridized carbons (Fsp3) is 0.250. The van der Waals surface area contributed by atoms with Crippen molar-refractivity contribution < 1.29 is 14.6 Å². The van der Waals surface area contributed by atoms with E-state index in [0.29, 0.717) is 23.2 Å². The lowest BCUT2D eigenvalue weighted by atomic mass is 9.96. The van der Waals surface area contributed by atoms with Gasteiger partial charge in [0.05, 0.1) is 12.3 Å². The maximum atomic E-state index is 11.6. The largest absolute Gasteiger partial charge is 0.481 e. The molecule has 1 N–H and O–H groups in total. The first-order valence-corrected chi connectivity index (χ1v) is 7.05. The summed E-state index contributed by atoms with van der Waals surface area (Å²) in [6.07, 6.45) is 0.289. The van der Waals surface area contributed by atoms with E-state index in [1.165, 1.54) is 0 Å². The van der Waals surface area contributed by atoms with Gasteiger partial charge in [-0.2, -0.15) is 0 Å². The molecule has 0 bridgehead atoms. The molecule has 0 aliphatic carbocycles. The van der Waals surface area contributed by atoms with E-state index in [1.807, 2.05) is 25.1 Å². The van der Waals surface area contributed by atoms with E-state index in [4.69, 9.17) is 16.3 Å². The Hall–Kier alpha value is -2.07. The summed E-state index contributed by atoms with van der Waals surface area (Å²) >= 11 is 6.10. The highest BCUT2D eigenvalue weighted by Gasteiger charge is 2.23. The number of carboxylic acids is 1. The number of nitrogens with zero attached hydrogens (tertiary/aromatic N) is 1. The van der Waals surface area contributed by atoms with E-state index in [9.17, 15) is 9.90 Å². The molecule has 2 rings (SSSR count). The van der Waals surface area contributed by atoms with Gasteiger partial charge >= 0.3 is 5.97 Å². The van der Waals surface area contributed by atoms with Crippen LogP contribution in [-0.2, 0) is 11.2 Å². The van der Waals surface area contributed by atoms with Gasteiger partial charge in [-0.3, -0.25) is 4.79 Å². The van der Waals surface area contributed by atoms with E-state index < -0.39 is 11.9 Å². The van der Waals surface area contributed by atoms with Gasteiger partial charge in [-0.05, 0) is 31.0 Å². The van der Waals surface area contributed by atoms with Crippen LogP contribution in [0.15, 0.2) is 42.5 Å². The molecule has 110 valence electrons. The molecule has 21 heavy (non-hydrogen) atoms. The van der Waals surface area contributed by atoms with Crippen LogP contribution in [-0.4, -0.2) is 22.7 Å². The van der Waals surface area contributed by atoms with E-state index in [-0.39, 0.29) is 6.42 Å². The number of rotatable bonds is 6. The van der Waals surface area contributed by atoms with Gasteiger partial charge in [0, 0.05) is 11.1 Å². The Labute approximate surface area is 128 Å². The number of aromatic nitrogens is 1. The van der Waals surface area contributed by atoms with E-state index in [0.717, 1.165) is 5.56 Å². The van der Waals surface area contributed by atoms with Crippen molar-refractivity contribution in [1.29, 1.82) is 0 Å². The van der Waals surface area contributed by atoms with Gasteiger partial charge in [0.15, 0.2) is 0 Å². The number of ether oxygens (including phenoxy) is 1. The van der Waals surface area contributed by atoms with Crippen molar-refractivity contribution in [3.05, 3.63) is 58.7 Å². The van der Waals surface area contributed by atoms with E-state index in [1.54, 1.807) is 24.3 Å². The predicted octanol–water partition coefficient (Wildman–Crippen LogP) is 3.54. The van der Waals surface area contributed by atoms with Crippen LogP contribution < -0.4 is 4.74 Å². The summed E-state index contributed by atoms with van der Waals surface area (Å²) < 4.78 is 5.32. The van der Waals surface area contributed by atoms with Gasteiger partial charge in [0.2, 0.25) is 5.88 Å². The molecule has 5 heteroatoms. The van der Waals surface area contributed by atoms with Crippen LogP contribution in [0.3, 0.4) is 0 Å².